The molecule has 1 aromatic carbocycles. The van der Waals surface area contributed by atoms with E-state index in [-0.39, 0.29) is 0 Å². The Morgan fingerprint density at radius 3 is 2.53 bits per heavy atom. The second-order valence-corrected chi connectivity index (χ2v) is 10.8. The number of methoxy groups -OCH3 is 1. The maximum Gasteiger partial charge on any atom is 0.126 e. The van der Waals surface area contributed by atoms with Crippen molar-refractivity contribution in [2.75, 3.05) is 19.0 Å². The first kappa shape index (κ1) is 22.9. The summed E-state index contributed by atoms with van der Waals surface area (Å²) in [6.45, 7) is 9.03. The molecule has 180 valence electrons. The third-order valence-electron chi connectivity index (χ3n) is 8.68. The Kier molecular flexibility index (Phi) is 6.13. The number of fused-ring (bicyclic) bond motifs is 3. The van der Waals surface area contributed by atoms with Gasteiger partial charge in [0.15, 0.2) is 0 Å². The summed E-state index contributed by atoms with van der Waals surface area (Å²) in [4.78, 5) is 4.62. The van der Waals surface area contributed by atoms with E-state index in [1.165, 1.54) is 73.6 Å². The van der Waals surface area contributed by atoms with Gasteiger partial charge in [0.2, 0.25) is 0 Å². The van der Waals surface area contributed by atoms with Gasteiger partial charge < -0.3 is 10.1 Å². The van der Waals surface area contributed by atoms with E-state index in [0.29, 0.717) is 16.9 Å². The van der Waals surface area contributed by atoms with Crippen molar-refractivity contribution in [2.24, 2.45) is 10.5 Å². The number of hydrogen-bond donors (Lipinski definition) is 1. The Balaban J connectivity index is 1.23. The quantitative estimate of drug-likeness (QED) is 0.342. The lowest BCUT2D eigenvalue weighted by Gasteiger charge is -2.54. The number of aromatic nitrogens is 1. The van der Waals surface area contributed by atoms with E-state index in [2.05, 4.69) is 72.5 Å². The van der Waals surface area contributed by atoms with Crippen LogP contribution in [-0.4, -0.2) is 36.4 Å². The van der Waals surface area contributed by atoms with Gasteiger partial charge >= 0.3 is 0 Å². The van der Waals surface area contributed by atoms with Crippen molar-refractivity contribution in [3.05, 3.63) is 59.4 Å². The molecule has 1 heterocycles. The van der Waals surface area contributed by atoms with Crippen LogP contribution >= 0.6 is 0 Å². The SMILES string of the molecule is C=NN(/C=C(\C)c1ccnc(NCC23CCC(c4ccc(OC)c(C)c4)(CC2)CC3)c1)C1CC1. The summed E-state index contributed by atoms with van der Waals surface area (Å²) in [5.74, 6) is 1.96. The molecule has 4 fully saturated rings. The van der Waals surface area contributed by atoms with Gasteiger partial charge in [-0.2, -0.15) is 5.10 Å². The number of benzene rings is 1. The summed E-state index contributed by atoms with van der Waals surface area (Å²) < 4.78 is 5.49. The van der Waals surface area contributed by atoms with Crippen molar-refractivity contribution in [1.29, 1.82) is 0 Å². The lowest BCUT2D eigenvalue weighted by Crippen LogP contribution is -2.47. The topological polar surface area (TPSA) is 49.8 Å². The van der Waals surface area contributed by atoms with Crippen LogP contribution in [-0.2, 0) is 5.41 Å². The molecule has 0 radical (unpaired) electrons. The Morgan fingerprint density at radius 1 is 1.18 bits per heavy atom. The Bertz CT molecular complexity index is 1060. The molecule has 4 aliphatic carbocycles. The van der Waals surface area contributed by atoms with Crippen molar-refractivity contribution < 1.29 is 4.74 Å². The zero-order valence-electron chi connectivity index (χ0n) is 20.9. The molecule has 0 unspecified atom stereocenters. The summed E-state index contributed by atoms with van der Waals surface area (Å²) in [5, 5.41) is 9.87. The predicted octanol–water partition coefficient (Wildman–Crippen LogP) is 6.54. The lowest BCUT2D eigenvalue weighted by atomic mass is 9.52. The predicted molar refractivity (Wildman–Crippen MR) is 140 cm³/mol. The third kappa shape index (κ3) is 4.45. The summed E-state index contributed by atoms with van der Waals surface area (Å²) >= 11 is 0. The number of ether oxygens (including phenoxy) is 1. The second kappa shape index (κ2) is 9.09. The van der Waals surface area contributed by atoms with Crippen LogP contribution in [0.1, 0.15) is 75.0 Å². The number of pyridine rings is 1. The van der Waals surface area contributed by atoms with Crippen molar-refractivity contribution in [2.45, 2.75) is 76.7 Å². The van der Waals surface area contributed by atoms with Crippen LogP contribution in [0.15, 0.2) is 47.8 Å². The number of nitrogens with one attached hydrogen (secondary N) is 1. The Hall–Kier alpha value is -2.82. The van der Waals surface area contributed by atoms with E-state index in [0.717, 1.165) is 18.1 Å². The summed E-state index contributed by atoms with van der Waals surface area (Å²) in [7, 11) is 1.76. The van der Waals surface area contributed by atoms with Gasteiger partial charge in [0.1, 0.15) is 11.6 Å². The van der Waals surface area contributed by atoms with Crippen molar-refractivity contribution in [1.82, 2.24) is 9.99 Å². The van der Waals surface area contributed by atoms with Crippen molar-refractivity contribution in [3.63, 3.8) is 0 Å². The molecular weight excluding hydrogens is 420 g/mol. The fourth-order valence-electron chi connectivity index (χ4n) is 6.09. The van der Waals surface area contributed by atoms with Crippen molar-refractivity contribution >= 4 is 18.1 Å². The standard InChI is InChI=1S/C29H38N4O/c1-21-17-24(5-8-26(21)34-4)29-13-10-28(11-14-29,12-15-29)20-32-27-18-23(9-16-31-27)22(2)19-33(30-3)25-6-7-25/h5,8-9,16-19,25H,3,6-7,10-15,20H2,1-2,4H3,(H,31,32)/b22-19+. The first-order valence-corrected chi connectivity index (χ1v) is 12.7. The van der Waals surface area contributed by atoms with Crippen LogP contribution in [0.25, 0.3) is 5.57 Å². The van der Waals surface area contributed by atoms with Gasteiger partial charge in [0.25, 0.3) is 0 Å². The smallest absolute Gasteiger partial charge is 0.126 e. The van der Waals surface area contributed by atoms with E-state index in [1.54, 1.807) is 7.11 Å². The molecule has 2 bridgehead atoms. The average Bonchev–Trinajstić information content (AvgIpc) is 3.73. The Morgan fingerprint density at radius 2 is 1.91 bits per heavy atom. The minimum Gasteiger partial charge on any atom is -0.496 e. The Labute approximate surface area is 204 Å². The van der Waals surface area contributed by atoms with Crippen LogP contribution in [0.3, 0.4) is 0 Å². The number of aryl methyl sites for hydroxylation is 1. The van der Waals surface area contributed by atoms with Gasteiger partial charge in [-0.25, -0.2) is 4.98 Å². The number of nitrogens with zero attached hydrogens (tertiary/aromatic N) is 3. The zero-order chi connectivity index (χ0) is 23.8. The molecule has 1 aromatic heterocycles. The highest BCUT2D eigenvalue weighted by atomic mass is 16.5. The summed E-state index contributed by atoms with van der Waals surface area (Å²) in [6.07, 6.45) is 14.1. The molecule has 4 aliphatic rings. The minimum atomic E-state index is 0.353. The lowest BCUT2D eigenvalue weighted by molar-refractivity contribution is 0.0505. The van der Waals surface area contributed by atoms with Crippen molar-refractivity contribution in [3.8, 4) is 5.75 Å². The van der Waals surface area contributed by atoms with Crippen LogP contribution in [0, 0.1) is 12.3 Å². The fraction of sp³-hybridized carbons (Fsp3) is 0.517. The minimum absolute atomic E-state index is 0.353. The first-order chi connectivity index (χ1) is 16.5. The maximum atomic E-state index is 5.49. The molecule has 0 spiro atoms. The summed E-state index contributed by atoms with van der Waals surface area (Å²) in [5.41, 5.74) is 5.88. The fourth-order valence-corrected chi connectivity index (χ4v) is 6.09. The zero-order valence-corrected chi connectivity index (χ0v) is 20.9. The van der Waals surface area contributed by atoms with Gasteiger partial charge in [-0.15, -0.1) is 0 Å². The monoisotopic (exact) mass is 458 g/mol. The number of hydrazone groups is 1. The third-order valence-corrected chi connectivity index (χ3v) is 8.68. The largest absolute Gasteiger partial charge is 0.496 e. The number of anilines is 1. The normalized spacial score (nSPS) is 26.3. The van der Waals surface area contributed by atoms with Crippen LogP contribution < -0.4 is 10.1 Å². The molecule has 4 saturated carbocycles. The van der Waals surface area contributed by atoms with Crippen LogP contribution in [0.2, 0.25) is 0 Å². The van der Waals surface area contributed by atoms with E-state index in [1.807, 2.05) is 11.2 Å². The molecule has 1 N–H and O–H groups in total. The number of hydrogen-bond acceptors (Lipinski definition) is 5. The molecule has 0 amide bonds. The van der Waals surface area contributed by atoms with Crippen LogP contribution in [0.5, 0.6) is 5.75 Å². The second-order valence-electron chi connectivity index (χ2n) is 10.8. The van der Waals surface area contributed by atoms with Crippen LogP contribution in [0.4, 0.5) is 5.82 Å². The highest BCUT2D eigenvalue weighted by Gasteiger charge is 2.49. The molecule has 34 heavy (non-hydrogen) atoms. The molecule has 0 aliphatic heterocycles. The highest BCUT2D eigenvalue weighted by Crippen LogP contribution is 2.58. The van der Waals surface area contributed by atoms with E-state index in [9.17, 15) is 0 Å². The van der Waals surface area contributed by atoms with E-state index >= 15 is 0 Å². The maximum absolute atomic E-state index is 5.49. The average molecular weight is 459 g/mol. The molecule has 5 nitrogen and oxygen atoms in total. The number of rotatable bonds is 9. The van der Waals surface area contributed by atoms with Gasteiger partial charge in [-0.3, -0.25) is 5.01 Å². The number of allylic oxidation sites excluding steroid dienone is 1. The highest BCUT2D eigenvalue weighted by molar-refractivity contribution is 5.65. The van der Waals surface area contributed by atoms with Gasteiger partial charge in [-0.05, 0) is 117 Å². The molecule has 2 aromatic rings. The van der Waals surface area contributed by atoms with Gasteiger partial charge in [-0.1, -0.05) is 12.1 Å². The molecule has 0 saturated heterocycles. The van der Waals surface area contributed by atoms with E-state index in [4.69, 9.17) is 4.74 Å². The summed E-state index contributed by atoms with van der Waals surface area (Å²) in [6, 6.07) is 11.6. The molecular formula is C29H38N4O. The molecule has 0 atom stereocenters. The molecule has 5 heteroatoms. The molecule has 6 rings (SSSR count). The van der Waals surface area contributed by atoms with Gasteiger partial charge in [0, 0.05) is 25.7 Å². The van der Waals surface area contributed by atoms with E-state index < -0.39 is 0 Å². The first-order valence-electron chi connectivity index (χ1n) is 12.7. The van der Waals surface area contributed by atoms with Gasteiger partial charge in [0.05, 0.1) is 13.2 Å².